The quantitative estimate of drug-likeness (QED) is 0.585. The van der Waals surface area contributed by atoms with Crippen molar-refractivity contribution in [3.05, 3.63) is 63.6 Å². The molecule has 2 aromatic carbocycles. The monoisotopic (exact) mass is 332 g/mol. The Kier molecular flexibility index (Phi) is 4.75. The van der Waals surface area contributed by atoms with Crippen LogP contribution in [0.3, 0.4) is 0 Å². The fourth-order valence-electron chi connectivity index (χ4n) is 1.66. The highest BCUT2D eigenvalue weighted by Gasteiger charge is 2.32. The summed E-state index contributed by atoms with van der Waals surface area (Å²) in [7, 11) is 0. The lowest BCUT2D eigenvalue weighted by Gasteiger charge is -2.09. The molecule has 0 amide bonds. The first-order valence-electron chi connectivity index (χ1n) is 5.77. The van der Waals surface area contributed by atoms with Crippen molar-refractivity contribution in [3.63, 3.8) is 0 Å². The van der Waals surface area contributed by atoms with Gasteiger partial charge in [-0.3, -0.25) is 5.43 Å². The third kappa shape index (κ3) is 4.37. The van der Waals surface area contributed by atoms with E-state index in [0.29, 0.717) is 15.7 Å². The van der Waals surface area contributed by atoms with Gasteiger partial charge in [0.05, 0.1) is 17.5 Å². The second-order valence-electron chi connectivity index (χ2n) is 4.11. The molecule has 0 unspecified atom stereocenters. The lowest BCUT2D eigenvalue weighted by atomic mass is 10.1. The Balaban J connectivity index is 2.19. The van der Waals surface area contributed by atoms with Crippen LogP contribution in [0.4, 0.5) is 18.9 Å². The molecule has 0 heterocycles. The van der Waals surface area contributed by atoms with E-state index in [-0.39, 0.29) is 5.56 Å². The molecule has 21 heavy (non-hydrogen) atoms. The molecule has 0 aliphatic heterocycles. The van der Waals surface area contributed by atoms with Gasteiger partial charge in [-0.05, 0) is 24.3 Å². The number of halogens is 5. The first-order valence-corrected chi connectivity index (χ1v) is 6.53. The summed E-state index contributed by atoms with van der Waals surface area (Å²) < 4.78 is 38.4. The molecular weight excluding hydrogens is 324 g/mol. The number of nitrogens with zero attached hydrogens (tertiary/aromatic N) is 1. The minimum absolute atomic E-state index is 0.0365. The van der Waals surface area contributed by atoms with E-state index in [4.69, 9.17) is 23.2 Å². The topological polar surface area (TPSA) is 24.4 Å². The Morgan fingerprint density at radius 3 is 2.24 bits per heavy atom. The number of hydrogen-bond donors (Lipinski definition) is 1. The van der Waals surface area contributed by atoms with Crippen LogP contribution in [0.1, 0.15) is 11.1 Å². The second kappa shape index (κ2) is 6.37. The molecular formula is C14H9Cl2F3N2. The molecule has 0 radical (unpaired) electrons. The van der Waals surface area contributed by atoms with E-state index < -0.39 is 11.7 Å². The second-order valence-corrected chi connectivity index (χ2v) is 4.99. The van der Waals surface area contributed by atoms with Gasteiger partial charge < -0.3 is 0 Å². The molecule has 2 aromatic rings. The van der Waals surface area contributed by atoms with E-state index in [0.717, 1.165) is 12.3 Å². The summed E-state index contributed by atoms with van der Waals surface area (Å²) in [5, 5.41) is 4.57. The predicted octanol–water partition coefficient (Wildman–Crippen LogP) is 5.46. The van der Waals surface area contributed by atoms with Gasteiger partial charge in [0.2, 0.25) is 0 Å². The molecule has 2 nitrogen and oxygen atoms in total. The molecule has 0 aliphatic carbocycles. The molecule has 0 saturated carbocycles. The Bertz CT molecular complexity index is 649. The highest BCUT2D eigenvalue weighted by Crippen LogP contribution is 2.31. The molecule has 0 bridgehead atoms. The number of nitrogens with one attached hydrogen (secondary N) is 1. The average Bonchev–Trinajstić information content (AvgIpc) is 2.37. The van der Waals surface area contributed by atoms with Crippen LogP contribution in [-0.2, 0) is 6.18 Å². The zero-order chi connectivity index (χ0) is 15.5. The van der Waals surface area contributed by atoms with Crippen LogP contribution < -0.4 is 5.43 Å². The van der Waals surface area contributed by atoms with Gasteiger partial charge in [0.25, 0.3) is 0 Å². The van der Waals surface area contributed by atoms with Gasteiger partial charge >= 0.3 is 6.18 Å². The summed E-state index contributed by atoms with van der Waals surface area (Å²) in [6, 6.07) is 9.81. The fraction of sp³-hybridized carbons (Fsp3) is 0.0714. The molecule has 2 rings (SSSR count). The summed E-state index contributed by atoms with van der Waals surface area (Å²) in [4.78, 5) is 0. The van der Waals surface area contributed by atoms with Crippen molar-refractivity contribution in [2.75, 3.05) is 5.43 Å². The minimum Gasteiger partial charge on any atom is -0.278 e. The number of rotatable bonds is 3. The molecule has 0 atom stereocenters. The van der Waals surface area contributed by atoms with Crippen LogP contribution in [0.25, 0.3) is 0 Å². The number of benzene rings is 2. The summed E-state index contributed by atoms with van der Waals surface area (Å²) >= 11 is 11.6. The lowest BCUT2D eigenvalue weighted by Crippen LogP contribution is -2.08. The Morgan fingerprint density at radius 1 is 1.00 bits per heavy atom. The molecule has 0 saturated heterocycles. The van der Waals surface area contributed by atoms with E-state index in [1.54, 1.807) is 12.1 Å². The van der Waals surface area contributed by atoms with E-state index in [9.17, 15) is 13.2 Å². The van der Waals surface area contributed by atoms with Crippen LogP contribution >= 0.6 is 23.2 Å². The zero-order valence-corrected chi connectivity index (χ0v) is 12.0. The summed E-state index contributed by atoms with van der Waals surface area (Å²) in [6.45, 7) is 0. The van der Waals surface area contributed by atoms with Gasteiger partial charge in [0.15, 0.2) is 0 Å². The maximum Gasteiger partial charge on any atom is 0.417 e. The highest BCUT2D eigenvalue weighted by molar-refractivity contribution is 6.35. The molecule has 110 valence electrons. The average molecular weight is 333 g/mol. The number of alkyl halides is 3. The van der Waals surface area contributed by atoms with Gasteiger partial charge in [0.1, 0.15) is 0 Å². The van der Waals surface area contributed by atoms with E-state index in [2.05, 4.69) is 10.5 Å². The molecule has 0 fully saturated rings. The Labute approximate surface area is 129 Å². The maximum absolute atomic E-state index is 12.8. The van der Waals surface area contributed by atoms with E-state index in [1.807, 2.05) is 0 Å². The standard InChI is InChI=1S/C14H9Cl2F3N2/c15-10-5-11(16)7-12(6-10)21-20-8-9-3-1-2-4-13(9)14(17,18)19/h1-8,21H/b20-8+. The Hall–Kier alpha value is -1.72. The summed E-state index contributed by atoms with van der Waals surface area (Å²) in [5.74, 6) is 0. The van der Waals surface area contributed by atoms with Crippen LogP contribution in [0.2, 0.25) is 10.0 Å². The maximum atomic E-state index is 12.8. The van der Waals surface area contributed by atoms with Crippen LogP contribution in [0, 0.1) is 0 Å². The van der Waals surface area contributed by atoms with E-state index in [1.165, 1.54) is 24.3 Å². The number of hydrazone groups is 1. The van der Waals surface area contributed by atoms with Gasteiger partial charge in [0, 0.05) is 15.6 Å². The third-order valence-electron chi connectivity index (χ3n) is 2.53. The summed E-state index contributed by atoms with van der Waals surface area (Å²) in [5.41, 5.74) is 2.28. The van der Waals surface area contributed by atoms with Crippen molar-refractivity contribution in [2.45, 2.75) is 6.18 Å². The van der Waals surface area contributed by atoms with Crippen LogP contribution in [0.15, 0.2) is 47.6 Å². The molecule has 0 aromatic heterocycles. The first-order chi connectivity index (χ1) is 9.86. The van der Waals surface area contributed by atoms with Gasteiger partial charge in [-0.1, -0.05) is 41.4 Å². The van der Waals surface area contributed by atoms with Crippen molar-refractivity contribution in [1.82, 2.24) is 0 Å². The van der Waals surface area contributed by atoms with Gasteiger partial charge in [-0.15, -0.1) is 0 Å². The normalized spacial score (nSPS) is 11.9. The van der Waals surface area contributed by atoms with Gasteiger partial charge in [-0.2, -0.15) is 18.3 Å². The SMILES string of the molecule is FC(F)(F)c1ccccc1/C=N/Nc1cc(Cl)cc(Cl)c1. The number of anilines is 1. The first kappa shape index (κ1) is 15.7. The highest BCUT2D eigenvalue weighted by atomic mass is 35.5. The number of hydrogen-bond acceptors (Lipinski definition) is 2. The zero-order valence-electron chi connectivity index (χ0n) is 10.5. The lowest BCUT2D eigenvalue weighted by molar-refractivity contribution is -0.137. The molecule has 0 aliphatic rings. The van der Waals surface area contributed by atoms with Crippen molar-refractivity contribution in [2.24, 2.45) is 5.10 Å². The van der Waals surface area contributed by atoms with Crippen LogP contribution in [0.5, 0.6) is 0 Å². The smallest absolute Gasteiger partial charge is 0.278 e. The largest absolute Gasteiger partial charge is 0.417 e. The fourth-order valence-corrected chi connectivity index (χ4v) is 2.19. The van der Waals surface area contributed by atoms with Crippen molar-refractivity contribution >= 4 is 35.1 Å². The van der Waals surface area contributed by atoms with Gasteiger partial charge in [-0.25, -0.2) is 0 Å². The Morgan fingerprint density at radius 2 is 1.62 bits per heavy atom. The molecule has 0 spiro atoms. The molecule has 1 N–H and O–H groups in total. The predicted molar refractivity (Wildman–Crippen MR) is 79.1 cm³/mol. The van der Waals surface area contributed by atoms with E-state index >= 15 is 0 Å². The van der Waals surface area contributed by atoms with Crippen molar-refractivity contribution in [3.8, 4) is 0 Å². The van der Waals surface area contributed by atoms with Crippen molar-refractivity contribution < 1.29 is 13.2 Å². The summed E-state index contributed by atoms with van der Waals surface area (Å²) in [6.07, 6.45) is -3.33. The third-order valence-corrected chi connectivity index (χ3v) is 2.96. The van der Waals surface area contributed by atoms with Crippen molar-refractivity contribution in [1.29, 1.82) is 0 Å². The van der Waals surface area contributed by atoms with Crippen LogP contribution in [-0.4, -0.2) is 6.21 Å². The molecule has 7 heteroatoms. The minimum atomic E-state index is -4.43.